The van der Waals surface area contributed by atoms with Crippen molar-refractivity contribution in [3.05, 3.63) is 70.8 Å². The van der Waals surface area contributed by atoms with Gasteiger partial charge in [0.15, 0.2) is 0 Å². The molecule has 4 rings (SSSR count). The Morgan fingerprint density at radius 1 is 0.706 bits per heavy atom. The summed E-state index contributed by atoms with van der Waals surface area (Å²) in [5, 5.41) is 0. The molecule has 2 aromatic rings. The summed E-state index contributed by atoms with van der Waals surface area (Å²) in [6.07, 6.45) is -7.52. The zero-order valence-corrected chi connectivity index (χ0v) is 19.4. The van der Waals surface area contributed by atoms with Crippen molar-refractivity contribution >= 4 is 0 Å². The Bertz CT molecular complexity index is 923. The van der Waals surface area contributed by atoms with Crippen molar-refractivity contribution in [3.63, 3.8) is 0 Å². The molecule has 0 spiro atoms. The predicted molar refractivity (Wildman–Crippen MR) is 121 cm³/mol. The molecule has 2 aromatic carbocycles. The van der Waals surface area contributed by atoms with Gasteiger partial charge in [-0.1, -0.05) is 55.5 Å². The lowest BCUT2D eigenvalue weighted by atomic mass is 9.81. The first-order valence-corrected chi connectivity index (χ1v) is 12.1. The summed E-state index contributed by atoms with van der Waals surface area (Å²) in [5.41, 5.74) is -2.35. The zero-order valence-electron chi connectivity index (χ0n) is 19.4. The van der Waals surface area contributed by atoms with E-state index in [2.05, 4.69) is 17.0 Å². The van der Waals surface area contributed by atoms with Crippen molar-refractivity contribution in [1.29, 1.82) is 0 Å². The molecule has 2 aliphatic rings. The van der Waals surface area contributed by atoms with Gasteiger partial charge in [-0.25, -0.2) is 0 Å². The van der Waals surface area contributed by atoms with Crippen LogP contribution in [0.1, 0.15) is 61.3 Å². The van der Waals surface area contributed by atoms with E-state index in [-0.39, 0.29) is 48.8 Å². The Hall–Kier alpha value is -2.02. The molecule has 0 aliphatic heterocycles. The Kier molecular flexibility index (Phi) is 6.80. The SMILES string of the molecule is CCN(CCCc1c(C2(C(F)(F)F)CC2)cccc1C1(C(F)(F)F)CC1)CCc1ccccc1. The highest BCUT2D eigenvalue weighted by Gasteiger charge is 2.67. The molecule has 0 N–H and O–H groups in total. The van der Waals surface area contributed by atoms with Gasteiger partial charge in [-0.3, -0.25) is 0 Å². The smallest absolute Gasteiger partial charge is 0.303 e. The van der Waals surface area contributed by atoms with Gasteiger partial charge >= 0.3 is 12.4 Å². The molecule has 0 unspecified atom stereocenters. The van der Waals surface area contributed by atoms with Crippen LogP contribution in [0.5, 0.6) is 0 Å². The summed E-state index contributed by atoms with van der Waals surface area (Å²) < 4.78 is 83.9. The van der Waals surface area contributed by atoms with Crippen LogP contribution in [-0.2, 0) is 23.7 Å². The number of nitrogens with zero attached hydrogens (tertiary/aromatic N) is 1. The molecule has 2 fully saturated rings. The molecule has 1 nitrogen and oxygen atoms in total. The largest absolute Gasteiger partial charge is 0.398 e. The van der Waals surface area contributed by atoms with E-state index >= 15 is 0 Å². The van der Waals surface area contributed by atoms with Gasteiger partial charge in [0, 0.05) is 6.54 Å². The minimum atomic E-state index is -4.46. The van der Waals surface area contributed by atoms with Crippen LogP contribution in [0, 0.1) is 0 Å². The fourth-order valence-corrected chi connectivity index (χ4v) is 5.25. The summed E-state index contributed by atoms with van der Waals surface area (Å²) in [5.74, 6) is 0. The molecule has 2 aliphatic carbocycles. The molecule has 7 heteroatoms. The topological polar surface area (TPSA) is 3.24 Å². The van der Waals surface area contributed by atoms with Gasteiger partial charge in [-0.05, 0) is 80.3 Å². The average Bonchev–Trinajstić information content (AvgIpc) is 3.69. The summed E-state index contributed by atoms with van der Waals surface area (Å²) in [6.45, 7) is 4.24. The standard InChI is InChI=1S/C27H31F6N/c1-2-34(19-13-20-8-4-3-5-9-20)18-7-10-21-22(24(14-15-24)26(28,29)30)11-6-12-23(21)25(16-17-25)27(31,32)33/h3-6,8-9,11-12H,2,7,10,13-19H2,1H3. The van der Waals surface area contributed by atoms with E-state index in [1.165, 1.54) is 23.8 Å². The van der Waals surface area contributed by atoms with Crippen LogP contribution in [0.2, 0.25) is 0 Å². The van der Waals surface area contributed by atoms with Crippen LogP contribution in [0.4, 0.5) is 26.3 Å². The summed E-state index contributed by atoms with van der Waals surface area (Å²) in [7, 11) is 0. The molecule has 186 valence electrons. The monoisotopic (exact) mass is 483 g/mol. The highest BCUT2D eigenvalue weighted by Crippen LogP contribution is 2.63. The van der Waals surface area contributed by atoms with E-state index in [9.17, 15) is 26.3 Å². The Morgan fingerprint density at radius 2 is 1.24 bits per heavy atom. The van der Waals surface area contributed by atoms with Crippen molar-refractivity contribution in [2.45, 2.75) is 75.1 Å². The molecule has 0 saturated heterocycles. The van der Waals surface area contributed by atoms with E-state index in [4.69, 9.17) is 0 Å². The fourth-order valence-electron chi connectivity index (χ4n) is 5.25. The van der Waals surface area contributed by atoms with E-state index in [0.717, 1.165) is 19.5 Å². The van der Waals surface area contributed by atoms with Crippen LogP contribution in [0.3, 0.4) is 0 Å². The highest BCUT2D eigenvalue weighted by atomic mass is 19.4. The molecular weight excluding hydrogens is 452 g/mol. The molecule has 0 amide bonds. The third-order valence-electron chi connectivity index (χ3n) is 7.70. The zero-order chi connectivity index (χ0) is 24.6. The van der Waals surface area contributed by atoms with Crippen LogP contribution in [-0.4, -0.2) is 36.9 Å². The van der Waals surface area contributed by atoms with E-state index in [1.807, 2.05) is 25.1 Å². The van der Waals surface area contributed by atoms with Gasteiger partial charge in [0.25, 0.3) is 0 Å². The van der Waals surface area contributed by atoms with E-state index in [1.54, 1.807) is 0 Å². The molecule has 0 aromatic heterocycles. The quantitative estimate of drug-likeness (QED) is 0.319. The Morgan fingerprint density at radius 3 is 1.68 bits per heavy atom. The lowest BCUT2D eigenvalue weighted by molar-refractivity contribution is -0.161. The second-order valence-corrected chi connectivity index (χ2v) is 9.76. The van der Waals surface area contributed by atoms with Gasteiger partial charge in [-0.2, -0.15) is 26.3 Å². The molecule has 2 saturated carbocycles. The summed E-state index contributed by atoms with van der Waals surface area (Å²) >= 11 is 0. The number of rotatable bonds is 10. The maximum absolute atomic E-state index is 14.0. The third kappa shape index (κ3) is 4.73. The summed E-state index contributed by atoms with van der Waals surface area (Å²) in [6, 6.07) is 14.2. The minimum absolute atomic E-state index is 0.0515. The first-order chi connectivity index (χ1) is 16.0. The highest BCUT2D eigenvalue weighted by molar-refractivity contribution is 5.50. The average molecular weight is 484 g/mol. The number of hydrogen-bond donors (Lipinski definition) is 0. The molecule has 0 atom stereocenters. The van der Waals surface area contributed by atoms with Crippen molar-refractivity contribution in [2.75, 3.05) is 19.6 Å². The fraction of sp³-hybridized carbons (Fsp3) is 0.556. The van der Waals surface area contributed by atoms with Gasteiger partial charge in [0.1, 0.15) is 0 Å². The van der Waals surface area contributed by atoms with Crippen LogP contribution >= 0.6 is 0 Å². The second-order valence-electron chi connectivity index (χ2n) is 9.76. The van der Waals surface area contributed by atoms with Crippen LogP contribution < -0.4 is 0 Å². The molecular formula is C27H31F6N. The number of hydrogen-bond acceptors (Lipinski definition) is 1. The van der Waals surface area contributed by atoms with Crippen molar-refractivity contribution < 1.29 is 26.3 Å². The normalized spacial score (nSPS) is 18.8. The van der Waals surface area contributed by atoms with Crippen molar-refractivity contribution in [3.8, 4) is 0 Å². The predicted octanol–water partition coefficient (Wildman–Crippen LogP) is 7.37. The van der Waals surface area contributed by atoms with Gasteiger partial charge in [-0.15, -0.1) is 0 Å². The second kappa shape index (κ2) is 9.21. The molecule has 0 heterocycles. The lowest BCUT2D eigenvalue weighted by Crippen LogP contribution is -2.34. The first kappa shape index (κ1) is 25.1. The van der Waals surface area contributed by atoms with Crippen LogP contribution in [0.25, 0.3) is 0 Å². The minimum Gasteiger partial charge on any atom is -0.303 e. The maximum Gasteiger partial charge on any atom is 0.398 e. The Balaban J connectivity index is 1.55. The third-order valence-corrected chi connectivity index (χ3v) is 7.70. The van der Waals surface area contributed by atoms with Crippen molar-refractivity contribution in [2.24, 2.45) is 0 Å². The maximum atomic E-state index is 14.0. The number of likely N-dealkylation sites (N-methyl/N-ethyl adjacent to an activating group) is 1. The number of benzene rings is 2. The van der Waals surface area contributed by atoms with Gasteiger partial charge in [0.05, 0.1) is 10.8 Å². The van der Waals surface area contributed by atoms with E-state index < -0.39 is 23.2 Å². The lowest BCUT2D eigenvalue weighted by Gasteiger charge is -2.29. The first-order valence-electron chi connectivity index (χ1n) is 12.1. The molecule has 34 heavy (non-hydrogen) atoms. The van der Waals surface area contributed by atoms with Crippen molar-refractivity contribution in [1.82, 2.24) is 4.90 Å². The molecule has 0 radical (unpaired) electrons. The van der Waals surface area contributed by atoms with E-state index in [0.29, 0.717) is 13.0 Å². The Labute approximate surface area is 197 Å². The summed E-state index contributed by atoms with van der Waals surface area (Å²) in [4.78, 5) is 2.21. The number of alkyl halides is 6. The van der Waals surface area contributed by atoms with Gasteiger partial charge < -0.3 is 4.90 Å². The van der Waals surface area contributed by atoms with Crippen LogP contribution in [0.15, 0.2) is 48.5 Å². The van der Waals surface area contributed by atoms with Gasteiger partial charge in [0.2, 0.25) is 0 Å². The number of halogens is 6. The molecule has 0 bridgehead atoms.